The topological polar surface area (TPSA) is 66.5 Å². The summed E-state index contributed by atoms with van der Waals surface area (Å²) in [5.74, 6) is -3.21. The molecule has 0 aliphatic carbocycles. The molecule has 0 atom stereocenters. The third-order valence-electron chi connectivity index (χ3n) is 2.97. The Bertz CT molecular complexity index is 720. The summed E-state index contributed by atoms with van der Waals surface area (Å²) in [7, 11) is 0. The fourth-order valence-electron chi connectivity index (χ4n) is 1.94. The monoisotopic (exact) mass is 422 g/mol. The van der Waals surface area contributed by atoms with Crippen molar-refractivity contribution in [3.63, 3.8) is 0 Å². The van der Waals surface area contributed by atoms with Gasteiger partial charge in [0.1, 0.15) is 13.1 Å². The van der Waals surface area contributed by atoms with Gasteiger partial charge in [-0.1, -0.05) is 46.4 Å². The number of alkyl halides is 3. The van der Waals surface area contributed by atoms with Crippen molar-refractivity contribution >= 4 is 64.1 Å². The molecule has 0 spiro atoms. The van der Waals surface area contributed by atoms with Crippen LogP contribution in [0.15, 0.2) is 0 Å². The lowest BCUT2D eigenvalue weighted by Crippen LogP contribution is -2.43. The van der Waals surface area contributed by atoms with E-state index in [2.05, 4.69) is 0 Å². The van der Waals surface area contributed by atoms with E-state index in [1.807, 2.05) is 0 Å². The molecule has 1 aromatic carbocycles. The van der Waals surface area contributed by atoms with Crippen molar-refractivity contribution in [2.75, 3.05) is 13.1 Å². The summed E-state index contributed by atoms with van der Waals surface area (Å²) < 4.78 is 36.2. The minimum atomic E-state index is -4.63. The molecule has 24 heavy (non-hydrogen) atoms. The van der Waals surface area contributed by atoms with Gasteiger partial charge in [-0.15, -0.1) is 0 Å². The lowest BCUT2D eigenvalue weighted by atomic mass is 10.1. The summed E-state index contributed by atoms with van der Waals surface area (Å²) in [4.78, 5) is 36.4. The Morgan fingerprint density at radius 1 is 0.917 bits per heavy atom. The van der Waals surface area contributed by atoms with Crippen molar-refractivity contribution in [1.29, 1.82) is 0 Å². The average Bonchev–Trinajstić information content (AvgIpc) is 2.73. The predicted molar refractivity (Wildman–Crippen MR) is 80.9 cm³/mol. The van der Waals surface area contributed by atoms with E-state index in [1.54, 1.807) is 5.32 Å². The molecule has 130 valence electrons. The standard InChI is InChI=1S/C12H5Cl4F3N2O3/c13-6-4-5(7(14)9(16)8(6)15)11(24)21(10(4)23)1-3(22)20-2-12(17,18)19/h1-2H2,(H,20,22). The smallest absolute Gasteiger partial charge is 0.345 e. The van der Waals surface area contributed by atoms with E-state index in [9.17, 15) is 27.6 Å². The number of benzene rings is 1. The van der Waals surface area contributed by atoms with Gasteiger partial charge < -0.3 is 5.32 Å². The van der Waals surface area contributed by atoms with E-state index in [1.165, 1.54) is 0 Å². The maximum atomic E-state index is 12.2. The molecule has 1 heterocycles. The quantitative estimate of drug-likeness (QED) is 0.459. The Morgan fingerprint density at radius 2 is 1.33 bits per heavy atom. The summed E-state index contributed by atoms with van der Waals surface area (Å²) in [6.45, 7) is -2.54. The number of carbonyl (C=O) groups is 3. The highest BCUT2D eigenvalue weighted by Gasteiger charge is 2.42. The van der Waals surface area contributed by atoms with Crippen molar-refractivity contribution < 1.29 is 27.6 Å². The van der Waals surface area contributed by atoms with Gasteiger partial charge in [0.25, 0.3) is 11.8 Å². The number of hydrogen-bond acceptors (Lipinski definition) is 3. The molecule has 1 aliphatic heterocycles. The molecule has 0 fully saturated rings. The number of imide groups is 1. The Labute approximate surface area is 152 Å². The number of hydrogen-bond donors (Lipinski definition) is 1. The van der Waals surface area contributed by atoms with E-state index in [0.717, 1.165) is 0 Å². The van der Waals surface area contributed by atoms with Crippen LogP contribution in [-0.4, -0.2) is 41.9 Å². The van der Waals surface area contributed by atoms with Gasteiger partial charge in [0, 0.05) is 0 Å². The van der Waals surface area contributed by atoms with E-state index < -0.39 is 37.0 Å². The fourth-order valence-corrected chi connectivity index (χ4v) is 2.95. The second kappa shape index (κ2) is 6.59. The summed E-state index contributed by atoms with van der Waals surface area (Å²) in [6, 6.07) is 0. The summed E-state index contributed by atoms with van der Waals surface area (Å²) >= 11 is 23.3. The largest absolute Gasteiger partial charge is 0.405 e. The maximum Gasteiger partial charge on any atom is 0.405 e. The molecule has 0 saturated carbocycles. The fraction of sp³-hybridized carbons (Fsp3) is 0.250. The number of fused-ring (bicyclic) bond motifs is 1. The van der Waals surface area contributed by atoms with Crippen molar-refractivity contribution in [1.82, 2.24) is 10.2 Å². The first-order valence-corrected chi connectivity index (χ1v) is 7.52. The number of nitrogens with one attached hydrogen (secondary N) is 1. The van der Waals surface area contributed by atoms with Crippen LogP contribution >= 0.6 is 46.4 Å². The molecule has 1 aromatic rings. The highest BCUT2D eigenvalue weighted by molar-refractivity contribution is 6.55. The Kier molecular flexibility index (Phi) is 5.25. The maximum absolute atomic E-state index is 12.2. The second-order valence-corrected chi connectivity index (χ2v) is 6.11. The van der Waals surface area contributed by atoms with Crippen LogP contribution in [-0.2, 0) is 4.79 Å². The molecule has 0 saturated heterocycles. The number of halogens is 7. The summed E-state index contributed by atoms with van der Waals surface area (Å²) in [5.41, 5.74) is -0.714. The number of amides is 3. The van der Waals surface area contributed by atoms with Gasteiger partial charge in [0.05, 0.1) is 31.2 Å². The van der Waals surface area contributed by atoms with Crippen molar-refractivity contribution in [3.05, 3.63) is 31.2 Å². The van der Waals surface area contributed by atoms with Crippen LogP contribution in [0.5, 0.6) is 0 Å². The summed E-state index contributed by atoms with van der Waals surface area (Å²) in [6.07, 6.45) is -4.63. The average molecular weight is 424 g/mol. The third-order valence-corrected chi connectivity index (χ3v) is 4.77. The first kappa shape index (κ1) is 19.1. The zero-order chi connectivity index (χ0) is 18.4. The van der Waals surface area contributed by atoms with Crippen LogP contribution in [0.3, 0.4) is 0 Å². The van der Waals surface area contributed by atoms with Gasteiger partial charge in [-0.3, -0.25) is 19.3 Å². The second-order valence-electron chi connectivity index (χ2n) is 4.59. The van der Waals surface area contributed by atoms with Gasteiger partial charge in [-0.05, 0) is 0 Å². The van der Waals surface area contributed by atoms with Crippen molar-refractivity contribution in [2.45, 2.75) is 6.18 Å². The Hall–Kier alpha value is -1.22. The molecule has 0 unspecified atom stereocenters. The SMILES string of the molecule is O=C(CN1C(=O)c2c(Cl)c(Cl)c(Cl)c(Cl)c2C1=O)NCC(F)(F)F. The molecule has 3 amide bonds. The first-order chi connectivity index (χ1) is 11.0. The van der Waals surface area contributed by atoms with Gasteiger partial charge in [0.15, 0.2) is 0 Å². The zero-order valence-electron chi connectivity index (χ0n) is 11.2. The number of carbonyl (C=O) groups excluding carboxylic acids is 3. The van der Waals surface area contributed by atoms with Gasteiger partial charge >= 0.3 is 6.18 Å². The minimum absolute atomic E-state index is 0.258. The molecule has 0 bridgehead atoms. The predicted octanol–water partition coefficient (Wildman–Crippen LogP) is 3.57. The minimum Gasteiger partial charge on any atom is -0.345 e. The van der Waals surface area contributed by atoms with E-state index in [4.69, 9.17) is 46.4 Å². The van der Waals surface area contributed by atoms with Crippen LogP contribution < -0.4 is 5.32 Å². The molecule has 0 radical (unpaired) electrons. The molecule has 12 heteroatoms. The van der Waals surface area contributed by atoms with Crippen LogP contribution in [0.2, 0.25) is 20.1 Å². The van der Waals surface area contributed by atoms with Gasteiger partial charge in [-0.2, -0.15) is 13.2 Å². The molecular weight excluding hydrogens is 419 g/mol. The van der Waals surface area contributed by atoms with Gasteiger partial charge in [-0.25, -0.2) is 0 Å². The highest BCUT2D eigenvalue weighted by Crippen LogP contribution is 2.44. The van der Waals surface area contributed by atoms with E-state index in [0.29, 0.717) is 4.90 Å². The Balaban J connectivity index is 2.29. The van der Waals surface area contributed by atoms with Crippen LogP contribution in [0.4, 0.5) is 13.2 Å². The molecule has 0 aromatic heterocycles. The van der Waals surface area contributed by atoms with Crippen molar-refractivity contribution in [3.8, 4) is 0 Å². The number of nitrogens with zero attached hydrogens (tertiary/aromatic N) is 1. The third kappa shape index (κ3) is 3.42. The number of rotatable bonds is 3. The zero-order valence-corrected chi connectivity index (χ0v) is 14.3. The highest BCUT2D eigenvalue weighted by atomic mass is 35.5. The molecule has 1 N–H and O–H groups in total. The normalized spacial score (nSPS) is 14.2. The lowest BCUT2D eigenvalue weighted by molar-refractivity contribution is -0.138. The molecule has 5 nitrogen and oxygen atoms in total. The summed E-state index contributed by atoms with van der Waals surface area (Å²) in [5, 5.41) is 0.355. The molecular formula is C12H5Cl4F3N2O3. The van der Waals surface area contributed by atoms with Crippen LogP contribution in [0.1, 0.15) is 20.7 Å². The van der Waals surface area contributed by atoms with Crippen LogP contribution in [0, 0.1) is 0 Å². The molecule has 1 aliphatic rings. The van der Waals surface area contributed by atoms with Crippen molar-refractivity contribution in [2.24, 2.45) is 0 Å². The van der Waals surface area contributed by atoms with Gasteiger partial charge in [0.2, 0.25) is 5.91 Å². The lowest BCUT2D eigenvalue weighted by Gasteiger charge is -2.14. The molecule has 2 rings (SSSR count). The van der Waals surface area contributed by atoms with E-state index >= 15 is 0 Å². The van der Waals surface area contributed by atoms with Crippen LogP contribution in [0.25, 0.3) is 0 Å². The first-order valence-electron chi connectivity index (χ1n) is 6.01. The van der Waals surface area contributed by atoms with E-state index in [-0.39, 0.29) is 31.2 Å². The Morgan fingerprint density at radius 3 is 1.71 bits per heavy atom.